The Balaban J connectivity index is 2.83. The largest absolute Gasteiger partial charge is 0.495 e. The van der Waals surface area contributed by atoms with E-state index in [1.54, 1.807) is 26.4 Å². The number of halogens is 1. The van der Waals surface area contributed by atoms with Crippen LogP contribution in [0.25, 0.3) is 0 Å². The maximum atomic E-state index is 11.6. The molecular formula is C13H17BrN2O3. The Morgan fingerprint density at radius 3 is 2.26 bits per heavy atom. The zero-order valence-corrected chi connectivity index (χ0v) is 12.8. The smallest absolute Gasteiger partial charge is 0.319 e. The van der Waals surface area contributed by atoms with Crippen molar-refractivity contribution in [2.24, 2.45) is 0 Å². The van der Waals surface area contributed by atoms with Crippen molar-refractivity contribution in [2.45, 2.75) is 6.92 Å². The van der Waals surface area contributed by atoms with Gasteiger partial charge in [0.15, 0.2) is 0 Å². The summed E-state index contributed by atoms with van der Waals surface area (Å²) in [7, 11) is 3.09. The summed E-state index contributed by atoms with van der Waals surface area (Å²) in [6.07, 6.45) is 0. The molecule has 0 fully saturated rings. The van der Waals surface area contributed by atoms with E-state index in [1.165, 1.54) is 0 Å². The average Bonchev–Trinajstić information content (AvgIpc) is 2.38. The quantitative estimate of drug-likeness (QED) is 0.816. The molecule has 5 nitrogen and oxygen atoms in total. The molecule has 2 amide bonds. The van der Waals surface area contributed by atoms with Crippen molar-refractivity contribution in [3.05, 3.63) is 28.8 Å². The van der Waals surface area contributed by atoms with E-state index in [0.717, 1.165) is 5.57 Å². The fraction of sp³-hybridized carbons (Fsp3) is 0.308. The summed E-state index contributed by atoms with van der Waals surface area (Å²) < 4.78 is 11.1. The number of nitrogens with one attached hydrogen (secondary N) is 2. The summed E-state index contributed by atoms with van der Waals surface area (Å²) in [4.78, 5) is 11.6. The van der Waals surface area contributed by atoms with Gasteiger partial charge in [-0.1, -0.05) is 12.2 Å². The van der Waals surface area contributed by atoms with Gasteiger partial charge in [0.25, 0.3) is 0 Å². The minimum absolute atomic E-state index is 0.311. The Labute approximate surface area is 121 Å². The lowest BCUT2D eigenvalue weighted by molar-refractivity contribution is 0.253. The van der Waals surface area contributed by atoms with Crippen LogP contribution in [-0.4, -0.2) is 26.8 Å². The molecule has 1 rings (SSSR count). The molecule has 6 heteroatoms. The topological polar surface area (TPSA) is 59.6 Å². The Hall–Kier alpha value is -1.69. The number of hydrogen-bond donors (Lipinski definition) is 2. The van der Waals surface area contributed by atoms with Gasteiger partial charge in [0.2, 0.25) is 0 Å². The first kappa shape index (κ1) is 15.4. The molecule has 0 unspecified atom stereocenters. The van der Waals surface area contributed by atoms with Gasteiger partial charge in [-0.15, -0.1) is 0 Å². The molecule has 0 radical (unpaired) electrons. The minimum atomic E-state index is -0.311. The molecule has 0 saturated carbocycles. The SMILES string of the molecule is C=C(C)CNC(=O)Nc1cc(OC)c(Br)c(OC)c1. The Kier molecular flexibility index (Phi) is 5.69. The standard InChI is InChI=1S/C13H17BrN2O3/c1-8(2)7-15-13(17)16-9-5-10(18-3)12(14)11(6-9)19-4/h5-6H,1,7H2,2-4H3,(H2,15,16,17). The van der Waals surface area contributed by atoms with Crippen molar-refractivity contribution in [3.63, 3.8) is 0 Å². The van der Waals surface area contributed by atoms with Gasteiger partial charge in [0.05, 0.1) is 14.2 Å². The molecule has 0 spiro atoms. The summed E-state index contributed by atoms with van der Waals surface area (Å²) in [6.45, 7) is 5.98. The zero-order valence-electron chi connectivity index (χ0n) is 11.2. The molecule has 0 aliphatic heterocycles. The summed E-state index contributed by atoms with van der Waals surface area (Å²) in [5.74, 6) is 1.16. The molecule has 2 N–H and O–H groups in total. The molecule has 19 heavy (non-hydrogen) atoms. The summed E-state index contributed by atoms with van der Waals surface area (Å²) in [5.41, 5.74) is 1.46. The fourth-order valence-electron chi connectivity index (χ4n) is 1.35. The number of carbonyl (C=O) groups excluding carboxylic acids is 1. The third-order valence-electron chi connectivity index (χ3n) is 2.25. The van der Waals surface area contributed by atoms with Crippen LogP contribution in [0.1, 0.15) is 6.92 Å². The second-order valence-electron chi connectivity index (χ2n) is 3.96. The Morgan fingerprint density at radius 2 is 1.84 bits per heavy atom. The van der Waals surface area contributed by atoms with Crippen LogP contribution in [0.4, 0.5) is 10.5 Å². The molecule has 1 aromatic carbocycles. The molecule has 104 valence electrons. The predicted octanol–water partition coefficient (Wildman–Crippen LogP) is 3.16. The van der Waals surface area contributed by atoms with Gasteiger partial charge in [-0.3, -0.25) is 0 Å². The Morgan fingerprint density at radius 1 is 1.32 bits per heavy atom. The van der Waals surface area contributed by atoms with Crippen LogP contribution >= 0.6 is 15.9 Å². The number of hydrogen-bond acceptors (Lipinski definition) is 3. The fourth-order valence-corrected chi connectivity index (χ4v) is 1.90. The van der Waals surface area contributed by atoms with Gasteiger partial charge in [-0.2, -0.15) is 0 Å². The molecular weight excluding hydrogens is 312 g/mol. The number of carbonyl (C=O) groups is 1. The van der Waals surface area contributed by atoms with E-state index in [9.17, 15) is 4.79 Å². The van der Waals surface area contributed by atoms with E-state index in [0.29, 0.717) is 28.2 Å². The zero-order chi connectivity index (χ0) is 14.4. The van der Waals surface area contributed by atoms with E-state index in [4.69, 9.17) is 9.47 Å². The monoisotopic (exact) mass is 328 g/mol. The van der Waals surface area contributed by atoms with Crippen LogP contribution < -0.4 is 20.1 Å². The van der Waals surface area contributed by atoms with Crippen molar-refractivity contribution in [2.75, 3.05) is 26.1 Å². The third-order valence-corrected chi connectivity index (χ3v) is 3.04. The van der Waals surface area contributed by atoms with Crippen LogP contribution in [0.3, 0.4) is 0 Å². The van der Waals surface area contributed by atoms with Crippen molar-refractivity contribution in [3.8, 4) is 11.5 Å². The van der Waals surface area contributed by atoms with Gasteiger partial charge in [-0.25, -0.2) is 4.79 Å². The summed E-state index contributed by atoms with van der Waals surface area (Å²) in [6, 6.07) is 3.09. The molecule has 0 aliphatic carbocycles. The van der Waals surface area contributed by atoms with Crippen molar-refractivity contribution in [1.29, 1.82) is 0 Å². The molecule has 0 aromatic heterocycles. The van der Waals surface area contributed by atoms with Crippen LogP contribution in [0.5, 0.6) is 11.5 Å². The lowest BCUT2D eigenvalue weighted by Gasteiger charge is -2.13. The Bertz CT molecular complexity index is 464. The van der Waals surface area contributed by atoms with E-state index in [-0.39, 0.29) is 6.03 Å². The first-order valence-electron chi connectivity index (χ1n) is 5.58. The van der Waals surface area contributed by atoms with Gasteiger partial charge >= 0.3 is 6.03 Å². The molecule has 0 aliphatic rings. The van der Waals surface area contributed by atoms with E-state index in [2.05, 4.69) is 33.1 Å². The molecule has 0 bridgehead atoms. The maximum absolute atomic E-state index is 11.6. The van der Waals surface area contributed by atoms with Crippen LogP contribution in [0.15, 0.2) is 28.8 Å². The first-order valence-corrected chi connectivity index (χ1v) is 6.38. The highest BCUT2D eigenvalue weighted by molar-refractivity contribution is 9.10. The molecule has 1 aromatic rings. The third kappa shape index (κ3) is 4.48. The first-order chi connectivity index (χ1) is 8.97. The van der Waals surface area contributed by atoms with Gasteiger partial charge in [0, 0.05) is 24.4 Å². The number of rotatable bonds is 5. The highest BCUT2D eigenvalue weighted by Crippen LogP contribution is 2.37. The van der Waals surface area contributed by atoms with E-state index >= 15 is 0 Å². The second kappa shape index (κ2) is 7.04. The van der Waals surface area contributed by atoms with Gasteiger partial charge < -0.3 is 20.1 Å². The minimum Gasteiger partial charge on any atom is -0.495 e. The number of anilines is 1. The highest BCUT2D eigenvalue weighted by Gasteiger charge is 2.11. The van der Waals surface area contributed by atoms with Crippen molar-refractivity contribution < 1.29 is 14.3 Å². The number of ether oxygens (including phenoxy) is 2. The lowest BCUT2D eigenvalue weighted by Crippen LogP contribution is -2.29. The normalized spacial score (nSPS) is 9.68. The van der Waals surface area contributed by atoms with Gasteiger partial charge in [-0.05, 0) is 22.9 Å². The van der Waals surface area contributed by atoms with Crippen LogP contribution in [0, 0.1) is 0 Å². The molecule has 0 atom stereocenters. The molecule has 0 saturated heterocycles. The lowest BCUT2D eigenvalue weighted by atomic mass is 10.2. The number of benzene rings is 1. The van der Waals surface area contributed by atoms with Crippen LogP contribution in [-0.2, 0) is 0 Å². The number of urea groups is 1. The highest BCUT2D eigenvalue weighted by atomic mass is 79.9. The number of methoxy groups -OCH3 is 2. The van der Waals surface area contributed by atoms with Crippen molar-refractivity contribution >= 4 is 27.6 Å². The van der Waals surface area contributed by atoms with E-state index in [1.807, 2.05) is 6.92 Å². The van der Waals surface area contributed by atoms with E-state index < -0.39 is 0 Å². The molecule has 0 heterocycles. The average molecular weight is 329 g/mol. The predicted molar refractivity (Wildman–Crippen MR) is 79.1 cm³/mol. The summed E-state index contributed by atoms with van der Waals surface area (Å²) in [5, 5.41) is 5.38. The number of amides is 2. The second-order valence-corrected chi connectivity index (χ2v) is 4.75. The summed E-state index contributed by atoms with van der Waals surface area (Å²) >= 11 is 3.36. The van der Waals surface area contributed by atoms with Gasteiger partial charge in [0.1, 0.15) is 16.0 Å². The van der Waals surface area contributed by atoms with Crippen molar-refractivity contribution in [1.82, 2.24) is 5.32 Å². The maximum Gasteiger partial charge on any atom is 0.319 e. The van der Waals surface area contributed by atoms with Crippen LogP contribution in [0.2, 0.25) is 0 Å².